The number of nitrogens with zero attached hydrogens (tertiary/aromatic N) is 1. The zero-order chi connectivity index (χ0) is 11.4. The van der Waals surface area contributed by atoms with Gasteiger partial charge in [0, 0.05) is 5.02 Å². The van der Waals surface area contributed by atoms with Crippen LogP contribution in [0.5, 0.6) is 6.08 Å². The van der Waals surface area contributed by atoms with Crippen LogP contribution in [0.1, 0.15) is 11.3 Å². The quantitative estimate of drug-likeness (QED) is 0.785. The van der Waals surface area contributed by atoms with Crippen molar-refractivity contribution in [3.05, 3.63) is 46.8 Å². The monoisotopic (exact) mass is 257 g/mol. The summed E-state index contributed by atoms with van der Waals surface area (Å²) in [6, 6.07) is 7.38. The van der Waals surface area contributed by atoms with Crippen LogP contribution in [-0.4, -0.2) is 4.98 Å². The Labute approximate surface area is 103 Å². The molecule has 0 aliphatic rings. The SMILES string of the molecule is ClCc1coc(OCc2ccc(Cl)cc2)n1. The summed E-state index contributed by atoms with van der Waals surface area (Å²) in [5.41, 5.74) is 1.66. The average molecular weight is 258 g/mol. The Morgan fingerprint density at radius 3 is 2.62 bits per heavy atom. The molecule has 0 spiro atoms. The number of ether oxygens (including phenoxy) is 1. The molecule has 2 aromatic rings. The molecule has 1 aromatic carbocycles. The molecule has 0 atom stereocenters. The molecular weight excluding hydrogens is 249 g/mol. The summed E-state index contributed by atoms with van der Waals surface area (Å²) in [6.45, 7) is 0.388. The van der Waals surface area contributed by atoms with Crippen molar-refractivity contribution >= 4 is 23.2 Å². The van der Waals surface area contributed by atoms with Gasteiger partial charge in [-0.2, -0.15) is 4.98 Å². The van der Waals surface area contributed by atoms with Gasteiger partial charge in [0.15, 0.2) is 0 Å². The number of oxazole rings is 1. The minimum Gasteiger partial charge on any atom is -0.445 e. The van der Waals surface area contributed by atoms with Gasteiger partial charge in [-0.05, 0) is 17.7 Å². The number of benzene rings is 1. The molecule has 0 aliphatic carbocycles. The Morgan fingerprint density at radius 2 is 2.00 bits per heavy atom. The van der Waals surface area contributed by atoms with E-state index in [1.165, 1.54) is 6.26 Å². The van der Waals surface area contributed by atoms with Gasteiger partial charge in [0.25, 0.3) is 0 Å². The fourth-order valence-electron chi connectivity index (χ4n) is 1.14. The summed E-state index contributed by atoms with van der Waals surface area (Å²) in [5, 5.41) is 0.698. The molecule has 16 heavy (non-hydrogen) atoms. The summed E-state index contributed by atoms with van der Waals surface area (Å²) in [7, 11) is 0. The fraction of sp³-hybridized carbons (Fsp3) is 0.182. The third-order valence-electron chi connectivity index (χ3n) is 1.94. The minimum absolute atomic E-state index is 0.227. The number of hydrogen-bond donors (Lipinski definition) is 0. The molecule has 0 saturated carbocycles. The van der Waals surface area contributed by atoms with E-state index >= 15 is 0 Å². The van der Waals surface area contributed by atoms with Crippen molar-refractivity contribution in [2.24, 2.45) is 0 Å². The summed E-state index contributed by atoms with van der Waals surface area (Å²) in [5.74, 6) is 0.313. The van der Waals surface area contributed by atoms with E-state index < -0.39 is 0 Å². The van der Waals surface area contributed by atoms with Crippen LogP contribution in [0.15, 0.2) is 34.9 Å². The van der Waals surface area contributed by atoms with E-state index in [2.05, 4.69) is 4.98 Å². The molecule has 0 N–H and O–H groups in total. The molecule has 0 saturated heterocycles. The first kappa shape index (κ1) is 11.3. The van der Waals surface area contributed by atoms with Crippen molar-refractivity contribution in [1.82, 2.24) is 4.98 Å². The second-order valence-corrected chi connectivity index (χ2v) is 3.86. The van der Waals surface area contributed by atoms with Gasteiger partial charge in [0.1, 0.15) is 12.9 Å². The van der Waals surface area contributed by atoms with Crippen molar-refractivity contribution in [2.45, 2.75) is 12.5 Å². The van der Waals surface area contributed by atoms with Crippen LogP contribution in [-0.2, 0) is 12.5 Å². The highest BCUT2D eigenvalue weighted by Gasteiger charge is 2.04. The van der Waals surface area contributed by atoms with Crippen LogP contribution in [0.4, 0.5) is 0 Å². The molecule has 0 amide bonds. The number of alkyl halides is 1. The van der Waals surface area contributed by atoms with Crippen LogP contribution >= 0.6 is 23.2 Å². The summed E-state index contributed by atoms with van der Waals surface area (Å²) in [6.07, 6.45) is 1.70. The summed E-state index contributed by atoms with van der Waals surface area (Å²) >= 11 is 11.3. The molecule has 0 radical (unpaired) electrons. The lowest BCUT2D eigenvalue weighted by atomic mass is 10.2. The molecule has 1 heterocycles. The van der Waals surface area contributed by atoms with Gasteiger partial charge in [0.05, 0.1) is 11.6 Å². The van der Waals surface area contributed by atoms with Crippen molar-refractivity contribution in [2.75, 3.05) is 0 Å². The lowest BCUT2D eigenvalue weighted by Gasteiger charge is -2.01. The molecule has 84 valence electrons. The van der Waals surface area contributed by atoms with E-state index in [1.54, 1.807) is 12.1 Å². The second kappa shape index (κ2) is 5.23. The zero-order valence-electron chi connectivity index (χ0n) is 8.32. The summed E-state index contributed by atoms with van der Waals surface area (Å²) < 4.78 is 10.4. The van der Waals surface area contributed by atoms with Crippen molar-refractivity contribution in [3.8, 4) is 6.08 Å². The molecule has 1 aromatic heterocycles. The lowest BCUT2D eigenvalue weighted by molar-refractivity contribution is 0.220. The normalized spacial score (nSPS) is 10.4. The lowest BCUT2D eigenvalue weighted by Crippen LogP contribution is -1.95. The van der Waals surface area contributed by atoms with E-state index in [4.69, 9.17) is 32.4 Å². The third kappa shape index (κ3) is 2.90. The minimum atomic E-state index is 0.227. The predicted octanol–water partition coefficient (Wildman–Crippen LogP) is 3.65. The first-order chi connectivity index (χ1) is 7.78. The largest absolute Gasteiger partial charge is 0.445 e. The van der Waals surface area contributed by atoms with Gasteiger partial charge < -0.3 is 9.15 Å². The Bertz CT molecular complexity index is 453. The third-order valence-corrected chi connectivity index (χ3v) is 2.47. The fourth-order valence-corrected chi connectivity index (χ4v) is 1.39. The highest BCUT2D eigenvalue weighted by Crippen LogP contribution is 2.15. The van der Waals surface area contributed by atoms with Crippen LogP contribution in [0, 0.1) is 0 Å². The highest BCUT2D eigenvalue weighted by molar-refractivity contribution is 6.30. The molecule has 5 heteroatoms. The predicted molar refractivity (Wildman–Crippen MR) is 61.8 cm³/mol. The Balaban J connectivity index is 1.94. The number of hydrogen-bond acceptors (Lipinski definition) is 3. The van der Waals surface area contributed by atoms with E-state index in [0.29, 0.717) is 23.2 Å². The van der Waals surface area contributed by atoms with E-state index in [-0.39, 0.29) is 6.08 Å². The van der Waals surface area contributed by atoms with Crippen LogP contribution in [0.3, 0.4) is 0 Å². The Kier molecular flexibility index (Phi) is 3.70. The number of halogens is 2. The molecule has 0 bridgehead atoms. The Hall–Kier alpha value is -1.19. The zero-order valence-corrected chi connectivity index (χ0v) is 9.83. The standard InChI is InChI=1S/C11H9Cl2NO2/c12-5-10-7-16-11(14-10)15-6-8-1-3-9(13)4-2-8/h1-4,7H,5-6H2. The maximum absolute atomic E-state index is 5.76. The second-order valence-electron chi connectivity index (χ2n) is 3.15. The first-order valence-corrected chi connectivity index (χ1v) is 5.57. The molecule has 0 aliphatic heterocycles. The van der Waals surface area contributed by atoms with Gasteiger partial charge in [-0.25, -0.2) is 0 Å². The van der Waals surface area contributed by atoms with E-state index in [0.717, 1.165) is 5.56 Å². The van der Waals surface area contributed by atoms with Gasteiger partial charge >= 0.3 is 6.08 Å². The summed E-state index contributed by atoms with van der Waals surface area (Å²) in [4.78, 5) is 4.01. The van der Waals surface area contributed by atoms with Gasteiger partial charge in [-0.3, -0.25) is 0 Å². The van der Waals surface area contributed by atoms with Crippen LogP contribution in [0.2, 0.25) is 5.02 Å². The topological polar surface area (TPSA) is 35.3 Å². The van der Waals surface area contributed by atoms with Gasteiger partial charge in [-0.15, -0.1) is 11.6 Å². The smallest absolute Gasteiger partial charge is 0.394 e. The van der Waals surface area contributed by atoms with Crippen LogP contribution < -0.4 is 4.74 Å². The van der Waals surface area contributed by atoms with E-state index in [9.17, 15) is 0 Å². The van der Waals surface area contributed by atoms with Crippen molar-refractivity contribution in [3.63, 3.8) is 0 Å². The van der Waals surface area contributed by atoms with Crippen LogP contribution in [0.25, 0.3) is 0 Å². The number of rotatable bonds is 4. The Morgan fingerprint density at radius 1 is 1.25 bits per heavy atom. The first-order valence-electron chi connectivity index (χ1n) is 4.65. The highest BCUT2D eigenvalue weighted by atomic mass is 35.5. The van der Waals surface area contributed by atoms with Crippen molar-refractivity contribution < 1.29 is 9.15 Å². The van der Waals surface area contributed by atoms with Gasteiger partial charge in [0.2, 0.25) is 0 Å². The van der Waals surface area contributed by atoms with Gasteiger partial charge in [-0.1, -0.05) is 23.7 Å². The maximum atomic E-state index is 5.76. The number of aromatic nitrogens is 1. The maximum Gasteiger partial charge on any atom is 0.394 e. The molecular formula is C11H9Cl2NO2. The van der Waals surface area contributed by atoms with Crippen molar-refractivity contribution in [1.29, 1.82) is 0 Å². The molecule has 0 unspecified atom stereocenters. The average Bonchev–Trinajstić information content (AvgIpc) is 2.76. The molecule has 0 fully saturated rings. The molecule has 3 nitrogen and oxygen atoms in total. The van der Waals surface area contributed by atoms with E-state index in [1.807, 2.05) is 12.1 Å². The molecule has 2 rings (SSSR count).